The number of rotatable bonds is 1. The Labute approximate surface area is 87.1 Å². The largest absolute Gasteiger partial charge is 0.368 e. The van der Waals surface area contributed by atoms with E-state index >= 15 is 0 Å². The Hall–Kier alpha value is 0.670. The van der Waals surface area contributed by atoms with Crippen molar-refractivity contribution < 1.29 is 4.79 Å². The van der Waals surface area contributed by atoms with E-state index in [4.69, 9.17) is 0 Å². The Bertz CT molecular complexity index is 190. The van der Waals surface area contributed by atoms with E-state index in [0.717, 1.165) is 15.6 Å². The maximum absolute atomic E-state index is 10.5. The fourth-order valence-electron chi connectivity index (χ4n) is 0.846. The van der Waals surface area contributed by atoms with Crippen LogP contribution in [0.1, 0.15) is 6.92 Å². The van der Waals surface area contributed by atoms with Gasteiger partial charge in [-0.25, -0.2) is 0 Å². The van der Waals surface area contributed by atoms with Gasteiger partial charge >= 0.3 is 0 Å². The molecule has 1 heterocycles. The third kappa shape index (κ3) is 1.46. The van der Waals surface area contributed by atoms with Crippen molar-refractivity contribution in [3.05, 3.63) is 9.28 Å². The van der Waals surface area contributed by atoms with Crippen LogP contribution in [0.25, 0.3) is 0 Å². The van der Waals surface area contributed by atoms with E-state index < -0.39 is 0 Å². The lowest BCUT2D eigenvalue weighted by atomic mass is 10.1. The van der Waals surface area contributed by atoms with Gasteiger partial charge in [0, 0.05) is 11.5 Å². The van der Waals surface area contributed by atoms with Crippen LogP contribution in [-0.2, 0) is 4.79 Å². The van der Waals surface area contributed by atoms with Crippen molar-refractivity contribution >= 4 is 51.5 Å². The molecule has 0 aromatic heterocycles. The van der Waals surface area contributed by atoms with Gasteiger partial charge in [0.05, 0.1) is 7.75 Å². The summed E-state index contributed by atoms with van der Waals surface area (Å²) in [5, 5.41) is 3.19. The minimum atomic E-state index is 0.352. The fourth-order valence-corrected chi connectivity index (χ4v) is 3.09. The first kappa shape index (κ1) is 8.76. The van der Waals surface area contributed by atoms with E-state index in [1.807, 2.05) is 0 Å². The van der Waals surface area contributed by atoms with Crippen molar-refractivity contribution in [3.63, 3.8) is 0 Å². The van der Waals surface area contributed by atoms with Crippen molar-refractivity contribution in [2.75, 3.05) is 0 Å². The molecule has 1 N–H and O–H groups in total. The molecule has 1 aliphatic rings. The number of nitrogens with one attached hydrogen (secondary N) is 1. The molecule has 2 nitrogen and oxygen atoms in total. The summed E-state index contributed by atoms with van der Waals surface area (Å²) in [7, 11) is 0. The van der Waals surface area contributed by atoms with Gasteiger partial charge in [-0.3, -0.25) is 4.79 Å². The lowest BCUT2D eigenvalue weighted by Crippen LogP contribution is -2.18. The van der Waals surface area contributed by atoms with Gasteiger partial charge in [-0.05, 0) is 22.6 Å². The summed E-state index contributed by atoms with van der Waals surface area (Å²) < 4.78 is 1.38. The Morgan fingerprint density at radius 1 is 1.70 bits per heavy atom. The second-order valence-electron chi connectivity index (χ2n) is 2.22. The molecule has 1 aliphatic heterocycles. The van der Waals surface area contributed by atoms with Crippen molar-refractivity contribution in [1.82, 2.24) is 5.32 Å². The zero-order chi connectivity index (χ0) is 7.72. The summed E-state index contributed by atoms with van der Waals surface area (Å²) >= 11 is 4.45. The van der Waals surface area contributed by atoms with Crippen molar-refractivity contribution in [3.8, 4) is 0 Å². The molecule has 0 aromatic carbocycles. The van der Waals surface area contributed by atoms with Crippen LogP contribution < -0.4 is 5.32 Å². The highest BCUT2D eigenvalue weighted by atomic mass is 127. The maximum atomic E-state index is 10.5. The molecule has 0 amide bonds. The minimum absolute atomic E-state index is 0.352. The molecular formula is C6H7I2NO. The number of carbonyl (C=O) groups excluding carboxylic acids is 1. The molecule has 0 spiro atoms. The topological polar surface area (TPSA) is 29.1 Å². The number of hydrogen-bond acceptors (Lipinski definition) is 2. The van der Waals surface area contributed by atoms with Crippen LogP contribution in [-0.4, -0.2) is 10.3 Å². The van der Waals surface area contributed by atoms with E-state index in [1.165, 1.54) is 0 Å². The Morgan fingerprint density at radius 3 is 2.50 bits per heavy atom. The molecule has 10 heavy (non-hydrogen) atoms. The van der Waals surface area contributed by atoms with E-state index in [1.54, 1.807) is 0 Å². The monoisotopic (exact) mass is 363 g/mol. The van der Waals surface area contributed by atoms with Crippen LogP contribution in [0.2, 0.25) is 0 Å². The molecule has 2 unspecified atom stereocenters. The van der Waals surface area contributed by atoms with E-state index in [9.17, 15) is 4.79 Å². The summed E-state index contributed by atoms with van der Waals surface area (Å²) in [6.45, 7) is 2.06. The summed E-state index contributed by atoms with van der Waals surface area (Å²) in [5.41, 5.74) is 0.903. The average molecular weight is 363 g/mol. The predicted octanol–water partition coefficient (Wildman–Crippen LogP) is 1.83. The van der Waals surface area contributed by atoms with Crippen molar-refractivity contribution in [1.29, 1.82) is 0 Å². The van der Waals surface area contributed by atoms with Gasteiger partial charge in [0.25, 0.3) is 0 Å². The van der Waals surface area contributed by atoms with Gasteiger partial charge in [-0.15, -0.1) is 0 Å². The molecule has 2 atom stereocenters. The standard InChI is InChI=1S/C6H7I2NO/c1-3-4(2-10)6(8)9-5(3)7/h2-3,5,9H,1H3. The number of aldehydes is 1. The van der Waals surface area contributed by atoms with Crippen LogP contribution in [0, 0.1) is 5.92 Å². The predicted molar refractivity (Wildman–Crippen MR) is 57.2 cm³/mol. The first-order valence-corrected chi connectivity index (χ1v) is 5.24. The van der Waals surface area contributed by atoms with Crippen molar-refractivity contribution in [2.24, 2.45) is 5.92 Å². The molecule has 0 aromatic rings. The molecule has 0 radical (unpaired) electrons. The third-order valence-corrected chi connectivity index (χ3v) is 3.90. The molecule has 0 fully saturated rings. The van der Waals surface area contributed by atoms with Crippen molar-refractivity contribution in [2.45, 2.75) is 11.0 Å². The second-order valence-corrected chi connectivity index (χ2v) is 4.64. The zero-order valence-corrected chi connectivity index (χ0v) is 9.71. The molecular weight excluding hydrogens is 356 g/mol. The minimum Gasteiger partial charge on any atom is -0.368 e. The van der Waals surface area contributed by atoms with Crippen LogP contribution >= 0.6 is 45.2 Å². The molecule has 4 heteroatoms. The summed E-state index contributed by atoms with van der Waals surface area (Å²) in [5.74, 6) is 0.352. The molecule has 1 rings (SSSR count). The lowest BCUT2D eigenvalue weighted by molar-refractivity contribution is -0.105. The molecule has 56 valence electrons. The Balaban J connectivity index is 2.84. The maximum Gasteiger partial charge on any atom is 0.148 e. The number of alkyl halides is 1. The van der Waals surface area contributed by atoms with Gasteiger partial charge < -0.3 is 5.32 Å². The highest BCUT2D eigenvalue weighted by Gasteiger charge is 2.27. The average Bonchev–Trinajstić information content (AvgIpc) is 2.09. The highest BCUT2D eigenvalue weighted by molar-refractivity contribution is 14.1. The fraction of sp³-hybridized carbons (Fsp3) is 0.500. The van der Waals surface area contributed by atoms with Crippen LogP contribution in [0.3, 0.4) is 0 Å². The van der Waals surface area contributed by atoms with Crippen LogP contribution in [0.5, 0.6) is 0 Å². The molecule has 0 saturated heterocycles. The van der Waals surface area contributed by atoms with Gasteiger partial charge in [0.1, 0.15) is 6.29 Å². The zero-order valence-electron chi connectivity index (χ0n) is 5.40. The second kappa shape index (κ2) is 3.38. The van der Waals surface area contributed by atoms with Crippen LogP contribution in [0.4, 0.5) is 0 Å². The number of hydrogen-bond donors (Lipinski definition) is 1. The number of halogens is 2. The molecule has 0 saturated carbocycles. The van der Waals surface area contributed by atoms with Gasteiger partial charge in [0.15, 0.2) is 0 Å². The van der Waals surface area contributed by atoms with E-state index in [0.29, 0.717) is 9.97 Å². The third-order valence-electron chi connectivity index (χ3n) is 1.57. The highest BCUT2D eigenvalue weighted by Crippen LogP contribution is 2.30. The van der Waals surface area contributed by atoms with Gasteiger partial charge in [0.2, 0.25) is 0 Å². The first-order valence-electron chi connectivity index (χ1n) is 2.92. The summed E-state index contributed by atoms with van der Waals surface area (Å²) in [6, 6.07) is 0. The summed E-state index contributed by atoms with van der Waals surface area (Å²) in [4.78, 5) is 10.5. The van der Waals surface area contributed by atoms with E-state index in [2.05, 4.69) is 57.4 Å². The van der Waals surface area contributed by atoms with E-state index in [-0.39, 0.29) is 0 Å². The summed E-state index contributed by atoms with van der Waals surface area (Å²) in [6.07, 6.45) is 0.943. The SMILES string of the molecule is CC1C(C=O)=C(I)NC1I. The van der Waals surface area contributed by atoms with Crippen LogP contribution in [0.15, 0.2) is 9.28 Å². The number of carbonyl (C=O) groups is 1. The molecule has 0 bridgehead atoms. The first-order chi connectivity index (χ1) is 4.66. The smallest absolute Gasteiger partial charge is 0.148 e. The normalized spacial score (nSPS) is 32.3. The molecule has 0 aliphatic carbocycles. The van der Waals surface area contributed by atoms with Gasteiger partial charge in [-0.2, -0.15) is 0 Å². The Morgan fingerprint density at radius 2 is 2.30 bits per heavy atom. The lowest BCUT2D eigenvalue weighted by Gasteiger charge is -2.07. The quantitative estimate of drug-likeness (QED) is 0.334. The van der Waals surface area contributed by atoms with Gasteiger partial charge in [-0.1, -0.05) is 29.5 Å². The Kier molecular flexibility index (Phi) is 2.96.